The van der Waals surface area contributed by atoms with Crippen molar-refractivity contribution in [2.45, 2.75) is 26.3 Å². The maximum atomic E-state index is 12.9. The van der Waals surface area contributed by atoms with E-state index < -0.39 is 0 Å². The van der Waals surface area contributed by atoms with Crippen LogP contribution in [0.2, 0.25) is 0 Å². The van der Waals surface area contributed by atoms with Gasteiger partial charge in [-0.25, -0.2) is 4.39 Å². The summed E-state index contributed by atoms with van der Waals surface area (Å²) < 4.78 is 18.3. The molecule has 0 fully saturated rings. The highest BCUT2D eigenvalue weighted by atomic mass is 19.1. The topological polar surface area (TPSA) is 55.4 Å². The van der Waals surface area contributed by atoms with Crippen LogP contribution in [0.1, 0.15) is 42.2 Å². The van der Waals surface area contributed by atoms with Crippen LogP contribution in [-0.2, 0) is 4.79 Å². The average Bonchev–Trinajstić information content (AvgIpc) is 2.60. The Morgan fingerprint density at radius 1 is 1.08 bits per heavy atom. The lowest BCUT2D eigenvalue weighted by atomic mass is 10.1. The van der Waals surface area contributed by atoms with Gasteiger partial charge in [-0.15, -0.1) is 0 Å². The second-order valence-corrected chi connectivity index (χ2v) is 5.43. The molecule has 0 radical (unpaired) electrons. The number of rotatable bonds is 7. The van der Waals surface area contributed by atoms with Gasteiger partial charge in [-0.05, 0) is 48.9 Å². The Kier molecular flexibility index (Phi) is 6.07. The van der Waals surface area contributed by atoms with Crippen LogP contribution >= 0.6 is 0 Å². The number of hydrogen-bond donors (Lipinski definition) is 1. The number of amides is 1. The molecule has 1 amide bonds. The Morgan fingerprint density at radius 2 is 1.71 bits per heavy atom. The minimum atomic E-state index is -0.314. The number of ketones is 1. The highest BCUT2D eigenvalue weighted by molar-refractivity contribution is 5.95. The summed E-state index contributed by atoms with van der Waals surface area (Å²) in [5.41, 5.74) is 1.44. The fraction of sp³-hybridized carbons (Fsp3) is 0.263. The van der Waals surface area contributed by atoms with Crippen molar-refractivity contribution in [2.24, 2.45) is 0 Å². The fourth-order valence-corrected chi connectivity index (χ4v) is 2.21. The van der Waals surface area contributed by atoms with E-state index in [-0.39, 0.29) is 30.2 Å². The molecule has 0 unspecified atom stereocenters. The summed E-state index contributed by atoms with van der Waals surface area (Å²) in [5.74, 6) is -0.00852. The number of carbonyl (C=O) groups excluding carboxylic acids is 2. The third kappa shape index (κ3) is 4.91. The van der Waals surface area contributed by atoms with E-state index in [9.17, 15) is 14.0 Å². The Bertz CT molecular complexity index is 696. The number of Topliss-reactive ketones (excluding diaryl/α,β-unsaturated/α-hetero) is 1. The number of ether oxygens (including phenoxy) is 1. The second kappa shape index (κ2) is 8.24. The van der Waals surface area contributed by atoms with Gasteiger partial charge < -0.3 is 10.1 Å². The van der Waals surface area contributed by atoms with Crippen LogP contribution < -0.4 is 10.1 Å². The molecule has 126 valence electrons. The molecule has 0 saturated heterocycles. The van der Waals surface area contributed by atoms with Gasteiger partial charge in [0, 0.05) is 12.0 Å². The molecule has 1 N–H and O–H groups in total. The monoisotopic (exact) mass is 329 g/mol. The molecule has 0 spiro atoms. The summed E-state index contributed by atoms with van der Waals surface area (Å²) in [6.45, 7) is 3.49. The molecule has 0 aromatic heterocycles. The second-order valence-electron chi connectivity index (χ2n) is 5.43. The third-order valence-corrected chi connectivity index (χ3v) is 3.61. The molecule has 5 heteroatoms. The van der Waals surface area contributed by atoms with Crippen LogP contribution in [0.15, 0.2) is 48.5 Å². The molecule has 24 heavy (non-hydrogen) atoms. The van der Waals surface area contributed by atoms with Gasteiger partial charge in [0.25, 0.3) is 5.91 Å². The summed E-state index contributed by atoms with van der Waals surface area (Å²) in [5, 5.41) is 2.78. The quantitative estimate of drug-likeness (QED) is 0.789. The molecule has 0 heterocycles. The number of nitrogens with one attached hydrogen (secondary N) is 1. The predicted octanol–water partition coefficient (Wildman–Crippen LogP) is 3.67. The first-order valence-corrected chi connectivity index (χ1v) is 7.80. The minimum Gasteiger partial charge on any atom is -0.484 e. The van der Waals surface area contributed by atoms with Gasteiger partial charge in [0.2, 0.25) is 0 Å². The van der Waals surface area contributed by atoms with Gasteiger partial charge in [-0.2, -0.15) is 0 Å². The summed E-state index contributed by atoms with van der Waals surface area (Å²) in [4.78, 5) is 23.5. The van der Waals surface area contributed by atoms with Crippen molar-refractivity contribution in [3.63, 3.8) is 0 Å². The van der Waals surface area contributed by atoms with Crippen LogP contribution in [0.5, 0.6) is 5.75 Å². The van der Waals surface area contributed by atoms with Crippen molar-refractivity contribution in [1.29, 1.82) is 0 Å². The lowest BCUT2D eigenvalue weighted by Crippen LogP contribution is -2.31. The van der Waals surface area contributed by atoms with Gasteiger partial charge in [0.15, 0.2) is 12.4 Å². The maximum Gasteiger partial charge on any atom is 0.258 e. The van der Waals surface area contributed by atoms with E-state index in [0.29, 0.717) is 17.7 Å². The Morgan fingerprint density at radius 3 is 2.29 bits per heavy atom. The Balaban J connectivity index is 1.84. The van der Waals surface area contributed by atoms with Crippen molar-refractivity contribution in [1.82, 2.24) is 5.32 Å². The molecule has 4 nitrogen and oxygen atoms in total. The number of carbonyl (C=O) groups is 2. The zero-order valence-corrected chi connectivity index (χ0v) is 13.7. The summed E-state index contributed by atoms with van der Waals surface area (Å²) >= 11 is 0. The van der Waals surface area contributed by atoms with E-state index in [2.05, 4.69) is 5.32 Å². The largest absolute Gasteiger partial charge is 0.484 e. The van der Waals surface area contributed by atoms with Crippen LogP contribution in [-0.4, -0.2) is 18.3 Å². The summed E-state index contributed by atoms with van der Waals surface area (Å²) in [7, 11) is 0. The molecule has 1 atom stereocenters. The van der Waals surface area contributed by atoms with Gasteiger partial charge in [-0.3, -0.25) is 9.59 Å². The van der Waals surface area contributed by atoms with E-state index >= 15 is 0 Å². The first kappa shape index (κ1) is 17.7. The molecule has 0 aliphatic carbocycles. The SMILES string of the molecule is CCC(=O)c1ccc(OCC(=O)N[C@@H](C)c2ccc(F)cc2)cc1. The van der Waals surface area contributed by atoms with Crippen LogP contribution in [0, 0.1) is 5.82 Å². The summed E-state index contributed by atoms with van der Waals surface area (Å²) in [6.07, 6.45) is 0.448. The van der Waals surface area contributed by atoms with Crippen molar-refractivity contribution in [3.8, 4) is 5.75 Å². The van der Waals surface area contributed by atoms with Crippen molar-refractivity contribution in [2.75, 3.05) is 6.61 Å². The molecule has 0 aliphatic heterocycles. The van der Waals surface area contributed by atoms with Crippen LogP contribution in [0.25, 0.3) is 0 Å². The Hall–Kier alpha value is -2.69. The first-order chi connectivity index (χ1) is 11.5. The van der Waals surface area contributed by atoms with E-state index in [1.54, 1.807) is 43.3 Å². The van der Waals surface area contributed by atoms with Gasteiger partial charge in [0.05, 0.1) is 6.04 Å². The zero-order valence-electron chi connectivity index (χ0n) is 13.7. The van der Waals surface area contributed by atoms with Crippen molar-refractivity contribution >= 4 is 11.7 Å². The Labute approximate surface area is 140 Å². The van der Waals surface area contributed by atoms with E-state index in [0.717, 1.165) is 5.56 Å². The number of benzene rings is 2. The van der Waals surface area contributed by atoms with Gasteiger partial charge in [-0.1, -0.05) is 19.1 Å². The smallest absolute Gasteiger partial charge is 0.258 e. The molecule has 0 aliphatic rings. The lowest BCUT2D eigenvalue weighted by Gasteiger charge is -2.14. The molecular weight excluding hydrogens is 309 g/mol. The van der Waals surface area contributed by atoms with Gasteiger partial charge in [0.1, 0.15) is 11.6 Å². The van der Waals surface area contributed by atoms with Crippen LogP contribution in [0.3, 0.4) is 0 Å². The van der Waals surface area contributed by atoms with Crippen molar-refractivity contribution in [3.05, 3.63) is 65.5 Å². The first-order valence-electron chi connectivity index (χ1n) is 7.80. The molecule has 2 rings (SSSR count). The molecule has 0 saturated carbocycles. The predicted molar refractivity (Wildman–Crippen MR) is 89.5 cm³/mol. The highest BCUT2D eigenvalue weighted by Gasteiger charge is 2.10. The third-order valence-electron chi connectivity index (χ3n) is 3.61. The number of hydrogen-bond acceptors (Lipinski definition) is 3. The molecule has 2 aromatic rings. The zero-order chi connectivity index (χ0) is 17.5. The molecule has 2 aromatic carbocycles. The number of halogens is 1. The molecule has 0 bridgehead atoms. The highest BCUT2D eigenvalue weighted by Crippen LogP contribution is 2.15. The van der Waals surface area contributed by atoms with E-state index in [1.165, 1.54) is 12.1 Å². The van der Waals surface area contributed by atoms with Crippen molar-refractivity contribution < 1.29 is 18.7 Å². The molecular formula is C19H20FNO3. The normalized spacial score (nSPS) is 11.6. The minimum absolute atomic E-state index is 0.0624. The van der Waals surface area contributed by atoms with Gasteiger partial charge >= 0.3 is 0 Å². The standard InChI is InChI=1S/C19H20FNO3/c1-3-18(22)15-6-10-17(11-7-15)24-12-19(23)21-13(2)14-4-8-16(20)9-5-14/h4-11,13H,3,12H2,1-2H3,(H,21,23)/t13-/m0/s1. The lowest BCUT2D eigenvalue weighted by molar-refractivity contribution is -0.123. The maximum absolute atomic E-state index is 12.9. The van der Waals surface area contributed by atoms with Crippen LogP contribution in [0.4, 0.5) is 4.39 Å². The fourth-order valence-electron chi connectivity index (χ4n) is 2.21. The van der Waals surface area contributed by atoms with E-state index in [4.69, 9.17) is 4.74 Å². The summed E-state index contributed by atoms with van der Waals surface area (Å²) in [6, 6.07) is 12.4. The van der Waals surface area contributed by atoms with E-state index in [1.807, 2.05) is 6.92 Å². The average molecular weight is 329 g/mol.